The second-order valence-corrected chi connectivity index (χ2v) is 5.69. The Morgan fingerprint density at radius 2 is 2.00 bits per heavy atom. The third kappa shape index (κ3) is 4.73. The largest absolute Gasteiger partial charge is 0.346 e. The summed E-state index contributed by atoms with van der Waals surface area (Å²) in [6, 6.07) is 7.35. The van der Waals surface area contributed by atoms with Gasteiger partial charge in [0.1, 0.15) is 0 Å². The minimum atomic E-state index is -3.12. The van der Waals surface area contributed by atoms with Gasteiger partial charge >= 0.3 is 0 Å². The highest BCUT2D eigenvalue weighted by atomic mass is 79.9. The fourth-order valence-electron chi connectivity index (χ4n) is 1.85. The summed E-state index contributed by atoms with van der Waals surface area (Å²) in [4.78, 5) is 12.0. The van der Waals surface area contributed by atoms with Gasteiger partial charge in [-0.2, -0.15) is 5.10 Å². The molecular weight excluding hydrogens is 394 g/mol. The lowest BCUT2D eigenvalue weighted by molar-refractivity contribution is 0.0118. The van der Waals surface area contributed by atoms with E-state index in [2.05, 4.69) is 26.3 Å². The molecule has 9 heteroatoms. The molecule has 1 heterocycles. The molecule has 3 N–H and O–H groups in total. The van der Waals surface area contributed by atoms with Crippen molar-refractivity contribution in [3.63, 3.8) is 0 Å². The molecule has 1 aromatic carbocycles. The van der Waals surface area contributed by atoms with Crippen LogP contribution >= 0.6 is 28.3 Å². The van der Waals surface area contributed by atoms with Crippen LogP contribution in [0.3, 0.4) is 0 Å². The topological polar surface area (TPSA) is 72.9 Å². The number of rotatable bonds is 5. The average Bonchev–Trinajstić information content (AvgIpc) is 2.87. The maximum atomic E-state index is 13.1. The van der Waals surface area contributed by atoms with Crippen LogP contribution in [-0.4, -0.2) is 34.7 Å². The normalized spacial score (nSPS) is 11.0. The zero-order chi connectivity index (χ0) is 16.3. The van der Waals surface area contributed by atoms with Crippen LogP contribution in [0.5, 0.6) is 0 Å². The van der Waals surface area contributed by atoms with E-state index in [0.717, 1.165) is 10.2 Å². The Hall–Kier alpha value is -1.51. The van der Waals surface area contributed by atoms with Gasteiger partial charge in [-0.15, -0.1) is 12.4 Å². The van der Waals surface area contributed by atoms with Crippen molar-refractivity contribution in [3.05, 3.63) is 46.2 Å². The van der Waals surface area contributed by atoms with Gasteiger partial charge in [-0.1, -0.05) is 15.9 Å². The summed E-state index contributed by atoms with van der Waals surface area (Å²) in [5.74, 6) is -3.72. The number of hydrogen-bond donors (Lipinski definition) is 2. The monoisotopic (exact) mass is 408 g/mol. The molecule has 1 aromatic heterocycles. The summed E-state index contributed by atoms with van der Waals surface area (Å²) in [6.07, 6.45) is 1.35. The average molecular weight is 410 g/mol. The Morgan fingerprint density at radius 1 is 1.39 bits per heavy atom. The van der Waals surface area contributed by atoms with Crippen LogP contribution in [0, 0.1) is 6.92 Å². The number of halogens is 4. The second-order valence-electron chi connectivity index (χ2n) is 4.77. The lowest BCUT2D eigenvalue weighted by atomic mass is 10.2. The van der Waals surface area contributed by atoms with Gasteiger partial charge < -0.3 is 11.1 Å². The molecule has 23 heavy (non-hydrogen) atoms. The van der Waals surface area contributed by atoms with E-state index < -0.39 is 24.9 Å². The van der Waals surface area contributed by atoms with Crippen LogP contribution in [0.15, 0.2) is 34.9 Å². The van der Waals surface area contributed by atoms with E-state index in [1.165, 1.54) is 6.20 Å². The highest BCUT2D eigenvalue weighted by Crippen LogP contribution is 2.17. The summed E-state index contributed by atoms with van der Waals surface area (Å²) < 4.78 is 28.6. The number of nitrogens with two attached hydrogens (primary N) is 1. The lowest BCUT2D eigenvalue weighted by Crippen LogP contribution is -2.41. The minimum Gasteiger partial charge on any atom is -0.346 e. The predicted octanol–water partition coefficient (Wildman–Crippen LogP) is 2.69. The molecule has 126 valence electrons. The van der Waals surface area contributed by atoms with Gasteiger partial charge in [-0.3, -0.25) is 4.79 Å². The van der Waals surface area contributed by atoms with Crippen molar-refractivity contribution >= 4 is 34.2 Å². The number of amides is 1. The number of hydrogen-bond acceptors (Lipinski definition) is 3. The van der Waals surface area contributed by atoms with Crippen molar-refractivity contribution < 1.29 is 13.6 Å². The van der Waals surface area contributed by atoms with Gasteiger partial charge in [0.05, 0.1) is 36.2 Å². The van der Waals surface area contributed by atoms with Gasteiger partial charge in [0, 0.05) is 4.47 Å². The van der Waals surface area contributed by atoms with Gasteiger partial charge in [0.15, 0.2) is 0 Å². The summed E-state index contributed by atoms with van der Waals surface area (Å²) in [5.41, 5.74) is 6.51. The Labute approximate surface area is 146 Å². The molecule has 0 saturated heterocycles. The summed E-state index contributed by atoms with van der Waals surface area (Å²) >= 11 is 3.34. The minimum absolute atomic E-state index is 0. The van der Waals surface area contributed by atoms with Crippen LogP contribution in [0.2, 0.25) is 0 Å². The first kappa shape index (κ1) is 19.5. The standard InChI is InChI=1S/C14H15BrF2N4O.ClH/c1-9-12(13(22)19-8-14(16,17)7-18)6-20-21(9)11-4-2-10(15)3-5-11;/h2-6H,7-8,18H2,1H3,(H,19,22);1H. The van der Waals surface area contributed by atoms with Crippen LogP contribution in [0.1, 0.15) is 16.1 Å². The SMILES string of the molecule is Cc1c(C(=O)NCC(F)(F)CN)cnn1-c1ccc(Br)cc1.Cl. The molecule has 5 nitrogen and oxygen atoms in total. The molecule has 0 atom stereocenters. The highest BCUT2D eigenvalue weighted by Gasteiger charge is 2.28. The third-order valence-electron chi connectivity index (χ3n) is 3.13. The van der Waals surface area contributed by atoms with E-state index >= 15 is 0 Å². The molecule has 2 rings (SSSR count). The molecule has 2 aromatic rings. The van der Waals surface area contributed by atoms with Crippen molar-refractivity contribution in [2.45, 2.75) is 12.8 Å². The third-order valence-corrected chi connectivity index (χ3v) is 3.66. The van der Waals surface area contributed by atoms with Gasteiger partial charge in [0.25, 0.3) is 11.8 Å². The molecule has 0 aliphatic carbocycles. The molecule has 0 saturated carbocycles. The number of carbonyl (C=O) groups excluding carboxylic acids is 1. The number of nitrogens with zero attached hydrogens (tertiary/aromatic N) is 2. The molecular formula is C14H16BrClF2N4O. The van der Waals surface area contributed by atoms with E-state index in [0.29, 0.717) is 5.69 Å². The summed E-state index contributed by atoms with van der Waals surface area (Å²) in [7, 11) is 0. The number of aromatic nitrogens is 2. The highest BCUT2D eigenvalue weighted by molar-refractivity contribution is 9.10. The van der Waals surface area contributed by atoms with E-state index in [1.807, 2.05) is 24.3 Å². The van der Waals surface area contributed by atoms with E-state index in [9.17, 15) is 13.6 Å². The first-order chi connectivity index (χ1) is 10.3. The van der Waals surface area contributed by atoms with Crippen molar-refractivity contribution in [2.75, 3.05) is 13.1 Å². The molecule has 1 amide bonds. The molecule has 0 aliphatic rings. The first-order valence-corrected chi connectivity index (χ1v) is 7.30. The Morgan fingerprint density at radius 3 is 2.57 bits per heavy atom. The Kier molecular flexibility index (Phi) is 6.67. The van der Waals surface area contributed by atoms with Crippen molar-refractivity contribution in [3.8, 4) is 5.69 Å². The Bertz CT molecular complexity index is 676. The fourth-order valence-corrected chi connectivity index (χ4v) is 2.12. The van der Waals surface area contributed by atoms with E-state index in [-0.39, 0.29) is 18.0 Å². The maximum absolute atomic E-state index is 13.1. The number of benzene rings is 1. The number of nitrogens with one attached hydrogen (secondary N) is 1. The second kappa shape index (κ2) is 7.85. The predicted molar refractivity (Wildman–Crippen MR) is 89.6 cm³/mol. The lowest BCUT2D eigenvalue weighted by Gasteiger charge is -2.14. The molecule has 0 aliphatic heterocycles. The van der Waals surface area contributed by atoms with Gasteiger partial charge in [-0.25, -0.2) is 13.5 Å². The van der Waals surface area contributed by atoms with Crippen LogP contribution in [-0.2, 0) is 0 Å². The van der Waals surface area contributed by atoms with E-state index in [4.69, 9.17) is 5.73 Å². The van der Waals surface area contributed by atoms with Crippen LogP contribution in [0.4, 0.5) is 8.78 Å². The first-order valence-electron chi connectivity index (χ1n) is 6.51. The van der Waals surface area contributed by atoms with Crippen LogP contribution in [0.25, 0.3) is 5.69 Å². The molecule has 0 unspecified atom stereocenters. The van der Waals surface area contributed by atoms with Gasteiger partial charge in [0.2, 0.25) is 0 Å². The number of carbonyl (C=O) groups is 1. The zero-order valence-electron chi connectivity index (χ0n) is 12.2. The fraction of sp³-hybridized carbons (Fsp3) is 0.286. The zero-order valence-corrected chi connectivity index (χ0v) is 14.6. The Balaban J connectivity index is 0.00000264. The number of alkyl halides is 2. The molecule has 0 bridgehead atoms. The molecule has 0 spiro atoms. The molecule has 0 fully saturated rings. The summed E-state index contributed by atoms with van der Waals surface area (Å²) in [5, 5.41) is 6.30. The smallest absolute Gasteiger partial charge is 0.277 e. The van der Waals surface area contributed by atoms with Crippen LogP contribution < -0.4 is 11.1 Å². The maximum Gasteiger partial charge on any atom is 0.277 e. The summed E-state index contributed by atoms with van der Waals surface area (Å²) in [6.45, 7) is 0.0840. The molecule has 0 radical (unpaired) electrons. The quantitative estimate of drug-likeness (QED) is 0.797. The van der Waals surface area contributed by atoms with E-state index in [1.54, 1.807) is 11.6 Å². The van der Waals surface area contributed by atoms with Crippen molar-refractivity contribution in [1.29, 1.82) is 0 Å². The van der Waals surface area contributed by atoms with Crippen molar-refractivity contribution in [2.24, 2.45) is 5.73 Å². The van der Waals surface area contributed by atoms with Gasteiger partial charge in [-0.05, 0) is 31.2 Å². The van der Waals surface area contributed by atoms with Crippen molar-refractivity contribution in [1.82, 2.24) is 15.1 Å².